The van der Waals surface area contributed by atoms with E-state index in [1.165, 1.54) is 6.08 Å². The molecule has 0 aliphatic carbocycles. The fraction of sp³-hybridized carbons (Fsp3) is 0.571. The van der Waals surface area contributed by atoms with Crippen LogP contribution in [0.5, 0.6) is 0 Å². The van der Waals surface area contributed by atoms with E-state index >= 15 is 0 Å². The number of carboxylic acids is 1. The predicted octanol–water partition coefficient (Wildman–Crippen LogP) is 2.65. The van der Waals surface area contributed by atoms with Crippen molar-refractivity contribution in [1.82, 2.24) is 0 Å². The first-order valence-electron chi connectivity index (χ1n) is 6.05. The monoisotopic (exact) mass is 254 g/mol. The van der Waals surface area contributed by atoms with Crippen LogP contribution in [0.4, 0.5) is 0 Å². The molecule has 2 atom stereocenters. The van der Waals surface area contributed by atoms with Crippen molar-refractivity contribution < 1.29 is 19.4 Å². The van der Waals surface area contributed by atoms with Gasteiger partial charge >= 0.3 is 11.9 Å². The highest BCUT2D eigenvalue weighted by atomic mass is 16.5. The van der Waals surface area contributed by atoms with E-state index in [9.17, 15) is 14.7 Å². The molecule has 0 bridgehead atoms. The van der Waals surface area contributed by atoms with Crippen molar-refractivity contribution in [3.05, 3.63) is 25.3 Å². The van der Waals surface area contributed by atoms with Crippen LogP contribution in [0.3, 0.4) is 0 Å². The van der Waals surface area contributed by atoms with Crippen LogP contribution in [0.15, 0.2) is 25.3 Å². The molecule has 0 saturated carbocycles. The molecule has 0 amide bonds. The summed E-state index contributed by atoms with van der Waals surface area (Å²) in [4.78, 5) is 23.1. The van der Waals surface area contributed by atoms with Gasteiger partial charge in [0.15, 0.2) is 0 Å². The Morgan fingerprint density at radius 1 is 1.22 bits per heavy atom. The highest BCUT2D eigenvalue weighted by Gasteiger charge is 2.34. The number of esters is 1. The van der Waals surface area contributed by atoms with E-state index in [0.29, 0.717) is 12.8 Å². The molecule has 0 heterocycles. The molecule has 1 N–H and O–H groups in total. The summed E-state index contributed by atoms with van der Waals surface area (Å²) in [6.45, 7) is 11.0. The number of rotatable bonds is 9. The third-order valence-corrected chi connectivity index (χ3v) is 2.60. The Morgan fingerprint density at radius 3 is 2.22 bits per heavy atom. The Kier molecular flexibility index (Phi) is 7.76. The molecular formula is C14H22O4. The van der Waals surface area contributed by atoms with Crippen LogP contribution in [0.1, 0.15) is 26.7 Å². The van der Waals surface area contributed by atoms with Gasteiger partial charge in [-0.25, -0.2) is 0 Å². The molecule has 0 aromatic carbocycles. The third kappa shape index (κ3) is 5.66. The normalized spacial score (nSPS) is 13.7. The summed E-state index contributed by atoms with van der Waals surface area (Å²) in [7, 11) is 0. The minimum absolute atomic E-state index is 0.0977. The minimum Gasteiger partial charge on any atom is -0.481 e. The fourth-order valence-corrected chi connectivity index (χ4v) is 1.80. The summed E-state index contributed by atoms with van der Waals surface area (Å²) < 4.78 is 4.95. The fourth-order valence-electron chi connectivity index (χ4n) is 1.80. The Labute approximate surface area is 108 Å². The van der Waals surface area contributed by atoms with Crippen molar-refractivity contribution in [2.24, 2.45) is 17.8 Å². The van der Waals surface area contributed by atoms with Gasteiger partial charge in [-0.1, -0.05) is 32.6 Å². The lowest BCUT2D eigenvalue weighted by Crippen LogP contribution is -2.32. The van der Waals surface area contributed by atoms with E-state index in [-0.39, 0.29) is 12.5 Å². The standard InChI is InChI=1S/C14H22O4/c1-5-7-11(14(17)18-8-6-2)12(13(15)16)9-10(3)4/h5-6,10-12H,1-2,7-9H2,3-4H3,(H,15,16)/t11-,12+/m0/s1. The maximum absolute atomic E-state index is 11.8. The van der Waals surface area contributed by atoms with Gasteiger partial charge in [-0.15, -0.1) is 6.58 Å². The second-order valence-corrected chi connectivity index (χ2v) is 4.62. The van der Waals surface area contributed by atoms with E-state index in [1.807, 2.05) is 13.8 Å². The van der Waals surface area contributed by atoms with Gasteiger partial charge in [-0.2, -0.15) is 0 Å². The van der Waals surface area contributed by atoms with E-state index in [0.717, 1.165) is 0 Å². The number of carbonyl (C=O) groups is 2. The van der Waals surface area contributed by atoms with Crippen LogP contribution in [0, 0.1) is 17.8 Å². The van der Waals surface area contributed by atoms with Gasteiger partial charge in [-0.3, -0.25) is 9.59 Å². The number of carboxylic acid groups (broad SMARTS) is 1. The first kappa shape index (κ1) is 16.4. The molecule has 0 aliphatic rings. The number of ether oxygens (including phenoxy) is 1. The molecule has 102 valence electrons. The molecule has 0 aliphatic heterocycles. The second kappa shape index (κ2) is 8.50. The minimum atomic E-state index is -0.967. The van der Waals surface area contributed by atoms with Gasteiger partial charge in [0, 0.05) is 0 Å². The van der Waals surface area contributed by atoms with Crippen LogP contribution in [-0.4, -0.2) is 23.7 Å². The number of hydrogen-bond donors (Lipinski definition) is 1. The van der Waals surface area contributed by atoms with Crippen LogP contribution in [0.2, 0.25) is 0 Å². The lowest BCUT2D eigenvalue weighted by atomic mass is 9.83. The van der Waals surface area contributed by atoms with Crippen LogP contribution < -0.4 is 0 Å². The molecular weight excluding hydrogens is 232 g/mol. The van der Waals surface area contributed by atoms with Crippen molar-refractivity contribution >= 4 is 11.9 Å². The van der Waals surface area contributed by atoms with Crippen LogP contribution >= 0.6 is 0 Å². The van der Waals surface area contributed by atoms with E-state index in [2.05, 4.69) is 13.2 Å². The molecule has 0 fully saturated rings. The summed E-state index contributed by atoms with van der Waals surface area (Å²) in [5.74, 6) is -2.68. The zero-order chi connectivity index (χ0) is 14.1. The van der Waals surface area contributed by atoms with E-state index in [4.69, 9.17) is 4.74 Å². The van der Waals surface area contributed by atoms with Gasteiger partial charge in [-0.05, 0) is 18.8 Å². The first-order chi connectivity index (χ1) is 8.43. The maximum Gasteiger partial charge on any atom is 0.310 e. The van der Waals surface area contributed by atoms with E-state index in [1.54, 1.807) is 6.08 Å². The smallest absolute Gasteiger partial charge is 0.310 e. The molecule has 18 heavy (non-hydrogen) atoms. The SMILES string of the molecule is C=CCOC(=O)[C@@H](CC=C)[C@@H](CC(C)C)C(=O)O. The molecule has 0 aromatic heterocycles. The average molecular weight is 254 g/mol. The molecule has 0 rings (SSSR count). The Balaban J connectivity index is 4.88. The summed E-state index contributed by atoms with van der Waals surface area (Å²) >= 11 is 0. The summed E-state index contributed by atoms with van der Waals surface area (Å²) in [5, 5.41) is 9.23. The predicted molar refractivity (Wildman–Crippen MR) is 70.0 cm³/mol. The highest BCUT2D eigenvalue weighted by Crippen LogP contribution is 2.25. The first-order valence-corrected chi connectivity index (χ1v) is 6.05. The maximum atomic E-state index is 11.8. The molecule has 0 saturated heterocycles. The average Bonchev–Trinajstić information content (AvgIpc) is 2.29. The molecule has 0 aromatic rings. The van der Waals surface area contributed by atoms with Crippen molar-refractivity contribution in [3.63, 3.8) is 0 Å². The van der Waals surface area contributed by atoms with Gasteiger partial charge < -0.3 is 9.84 Å². The number of carbonyl (C=O) groups excluding carboxylic acids is 1. The molecule has 4 nitrogen and oxygen atoms in total. The van der Waals surface area contributed by atoms with Crippen molar-refractivity contribution in [1.29, 1.82) is 0 Å². The lowest BCUT2D eigenvalue weighted by Gasteiger charge is -2.22. The van der Waals surface area contributed by atoms with Gasteiger partial charge in [0.25, 0.3) is 0 Å². The Bertz CT molecular complexity index is 307. The van der Waals surface area contributed by atoms with Crippen molar-refractivity contribution in [2.75, 3.05) is 6.61 Å². The topological polar surface area (TPSA) is 63.6 Å². The van der Waals surface area contributed by atoms with Crippen LogP contribution in [-0.2, 0) is 14.3 Å². The Hall–Kier alpha value is -1.58. The molecule has 4 heteroatoms. The largest absolute Gasteiger partial charge is 0.481 e. The number of aliphatic carboxylic acids is 1. The summed E-state index contributed by atoms with van der Waals surface area (Å²) in [5.41, 5.74) is 0. The highest BCUT2D eigenvalue weighted by molar-refractivity contribution is 5.81. The molecule has 0 radical (unpaired) electrons. The summed E-state index contributed by atoms with van der Waals surface area (Å²) in [6.07, 6.45) is 3.76. The molecule has 0 unspecified atom stereocenters. The van der Waals surface area contributed by atoms with Gasteiger partial charge in [0.2, 0.25) is 0 Å². The van der Waals surface area contributed by atoms with Gasteiger partial charge in [0.05, 0.1) is 11.8 Å². The third-order valence-electron chi connectivity index (χ3n) is 2.60. The van der Waals surface area contributed by atoms with Gasteiger partial charge in [0.1, 0.15) is 6.61 Å². The zero-order valence-corrected chi connectivity index (χ0v) is 11.1. The van der Waals surface area contributed by atoms with Crippen molar-refractivity contribution in [2.45, 2.75) is 26.7 Å². The zero-order valence-electron chi connectivity index (χ0n) is 11.1. The number of hydrogen-bond acceptors (Lipinski definition) is 3. The summed E-state index contributed by atoms with van der Waals surface area (Å²) in [6, 6.07) is 0. The quantitative estimate of drug-likeness (QED) is 0.507. The molecule has 0 spiro atoms. The van der Waals surface area contributed by atoms with E-state index < -0.39 is 23.8 Å². The van der Waals surface area contributed by atoms with Crippen molar-refractivity contribution in [3.8, 4) is 0 Å². The van der Waals surface area contributed by atoms with Crippen LogP contribution in [0.25, 0.3) is 0 Å². The Morgan fingerprint density at radius 2 is 1.83 bits per heavy atom. The second-order valence-electron chi connectivity index (χ2n) is 4.62. The lowest BCUT2D eigenvalue weighted by molar-refractivity contribution is -0.157. The number of allylic oxidation sites excluding steroid dienone is 1.